The molecule has 0 fully saturated rings. The van der Waals surface area contributed by atoms with E-state index in [1.54, 1.807) is 0 Å². The summed E-state index contributed by atoms with van der Waals surface area (Å²) in [6.45, 7) is 4.92. The highest BCUT2D eigenvalue weighted by molar-refractivity contribution is 5.76. The van der Waals surface area contributed by atoms with Crippen molar-refractivity contribution in [1.82, 2.24) is 5.32 Å². The lowest BCUT2D eigenvalue weighted by atomic mass is 10.0. The van der Waals surface area contributed by atoms with Gasteiger partial charge in [0.05, 0.1) is 25.4 Å². The summed E-state index contributed by atoms with van der Waals surface area (Å²) >= 11 is 0. The highest BCUT2D eigenvalue weighted by Gasteiger charge is 2.20. The molecule has 0 spiro atoms. The van der Waals surface area contributed by atoms with Crippen molar-refractivity contribution in [3.63, 3.8) is 0 Å². The number of hydrogen-bond donors (Lipinski definition) is 3. The van der Waals surface area contributed by atoms with E-state index in [4.69, 9.17) is 4.74 Å². The first-order chi connectivity index (χ1) is 31.5. The van der Waals surface area contributed by atoms with Gasteiger partial charge >= 0.3 is 5.97 Å². The Morgan fingerprint density at radius 3 is 1.19 bits per heavy atom. The van der Waals surface area contributed by atoms with Crippen LogP contribution in [0.25, 0.3) is 0 Å². The van der Waals surface area contributed by atoms with E-state index in [1.165, 1.54) is 193 Å². The first kappa shape index (κ1) is 62.3. The molecule has 64 heavy (non-hydrogen) atoms. The van der Waals surface area contributed by atoms with Crippen LogP contribution in [0.4, 0.5) is 0 Å². The quantitative estimate of drug-likeness (QED) is 0.0321. The van der Waals surface area contributed by atoms with Crippen LogP contribution in [0.1, 0.15) is 309 Å². The number of carbonyl (C=O) groups excluding carboxylic acids is 2. The van der Waals surface area contributed by atoms with Crippen LogP contribution in [0.5, 0.6) is 0 Å². The maximum absolute atomic E-state index is 12.5. The van der Waals surface area contributed by atoms with Gasteiger partial charge in [0.1, 0.15) is 0 Å². The fourth-order valence-corrected chi connectivity index (χ4v) is 8.85. The summed E-state index contributed by atoms with van der Waals surface area (Å²) in [5, 5.41) is 23.2. The first-order valence-corrected chi connectivity index (χ1v) is 28.6. The lowest BCUT2D eigenvalue weighted by Crippen LogP contribution is -2.45. The lowest BCUT2D eigenvalue weighted by molar-refractivity contribution is -0.143. The Labute approximate surface area is 399 Å². The average molecular weight is 903 g/mol. The zero-order chi connectivity index (χ0) is 46.5. The second-order valence-electron chi connectivity index (χ2n) is 19.6. The van der Waals surface area contributed by atoms with Crippen LogP contribution in [-0.4, -0.2) is 47.4 Å². The van der Waals surface area contributed by atoms with Crippen molar-refractivity contribution in [3.05, 3.63) is 24.3 Å². The predicted molar refractivity (Wildman–Crippen MR) is 278 cm³/mol. The largest absolute Gasteiger partial charge is 0.466 e. The van der Waals surface area contributed by atoms with Crippen molar-refractivity contribution in [3.8, 4) is 0 Å². The van der Waals surface area contributed by atoms with E-state index in [0.717, 1.165) is 83.5 Å². The van der Waals surface area contributed by atoms with Crippen LogP contribution < -0.4 is 5.32 Å². The zero-order valence-electron chi connectivity index (χ0n) is 43.0. The zero-order valence-corrected chi connectivity index (χ0v) is 43.0. The summed E-state index contributed by atoms with van der Waals surface area (Å²) in [5.74, 6) is -0.0621. The summed E-state index contributed by atoms with van der Waals surface area (Å²) in [6.07, 6.45) is 64.5. The molecule has 0 radical (unpaired) electrons. The molecule has 0 heterocycles. The average Bonchev–Trinajstić information content (AvgIpc) is 3.29. The minimum absolute atomic E-state index is 0.0123. The molecule has 3 N–H and O–H groups in total. The molecule has 0 aromatic heterocycles. The Morgan fingerprint density at radius 1 is 0.438 bits per heavy atom. The number of carbonyl (C=O) groups is 2. The minimum Gasteiger partial charge on any atom is -0.466 e. The van der Waals surface area contributed by atoms with E-state index in [-0.39, 0.29) is 18.5 Å². The number of aliphatic hydroxyl groups is 2. The van der Waals surface area contributed by atoms with Gasteiger partial charge < -0.3 is 20.3 Å². The molecule has 6 nitrogen and oxygen atoms in total. The lowest BCUT2D eigenvalue weighted by Gasteiger charge is -2.22. The van der Waals surface area contributed by atoms with Gasteiger partial charge in [-0.2, -0.15) is 0 Å². The molecular weight excluding hydrogens is 791 g/mol. The topological polar surface area (TPSA) is 95.9 Å². The standard InChI is InChI=1S/C58H111NO5/c1-3-5-7-9-11-13-15-17-22-26-30-34-38-42-46-50-56(61)55(54-60)59-57(62)51-47-43-39-35-31-27-24-20-19-21-25-29-33-37-41-45-49-53-64-58(63)52-48-44-40-36-32-28-23-18-16-14-12-10-8-6-4-2/h19,21,29,33,55-56,60-61H,3-18,20,22-28,30-32,34-54H2,1-2H3,(H,59,62)/b21-19-,33-29-. The number of amides is 1. The molecule has 0 saturated carbocycles. The number of unbranched alkanes of at least 4 members (excludes halogenated alkanes) is 38. The van der Waals surface area contributed by atoms with Gasteiger partial charge in [-0.1, -0.05) is 256 Å². The second-order valence-corrected chi connectivity index (χ2v) is 19.6. The fourth-order valence-electron chi connectivity index (χ4n) is 8.85. The van der Waals surface area contributed by atoms with Gasteiger partial charge in [0.15, 0.2) is 0 Å². The van der Waals surface area contributed by atoms with E-state index in [0.29, 0.717) is 25.9 Å². The van der Waals surface area contributed by atoms with Crippen LogP contribution in [-0.2, 0) is 14.3 Å². The monoisotopic (exact) mass is 902 g/mol. The molecule has 0 aliphatic heterocycles. The Kier molecular flexibility index (Phi) is 52.6. The van der Waals surface area contributed by atoms with Gasteiger partial charge in [-0.25, -0.2) is 0 Å². The Morgan fingerprint density at radius 2 is 0.781 bits per heavy atom. The summed E-state index contributed by atoms with van der Waals surface area (Å²) in [6, 6.07) is -0.553. The summed E-state index contributed by atoms with van der Waals surface area (Å²) < 4.78 is 5.46. The summed E-state index contributed by atoms with van der Waals surface area (Å²) in [5.41, 5.74) is 0. The minimum atomic E-state index is -0.674. The molecule has 0 aromatic carbocycles. The number of ether oxygens (including phenoxy) is 1. The Bertz CT molecular complexity index is 997. The van der Waals surface area contributed by atoms with Gasteiger partial charge in [0.2, 0.25) is 5.91 Å². The maximum atomic E-state index is 12.5. The molecule has 6 heteroatoms. The Hall–Kier alpha value is -1.66. The third-order valence-corrected chi connectivity index (χ3v) is 13.3. The first-order valence-electron chi connectivity index (χ1n) is 28.6. The van der Waals surface area contributed by atoms with Crippen molar-refractivity contribution in [2.24, 2.45) is 0 Å². The van der Waals surface area contributed by atoms with Crippen LogP contribution >= 0.6 is 0 Å². The molecule has 1 amide bonds. The normalized spacial score (nSPS) is 12.8. The summed E-state index contributed by atoms with van der Waals surface area (Å²) in [7, 11) is 0. The van der Waals surface area contributed by atoms with Crippen molar-refractivity contribution < 1.29 is 24.5 Å². The molecule has 0 aliphatic carbocycles. The van der Waals surface area contributed by atoms with Gasteiger partial charge in [0, 0.05) is 12.8 Å². The van der Waals surface area contributed by atoms with E-state index in [2.05, 4.69) is 43.5 Å². The maximum Gasteiger partial charge on any atom is 0.305 e. The second kappa shape index (κ2) is 54.0. The van der Waals surface area contributed by atoms with Gasteiger partial charge in [0.25, 0.3) is 0 Å². The highest BCUT2D eigenvalue weighted by atomic mass is 16.5. The van der Waals surface area contributed by atoms with Crippen molar-refractivity contribution >= 4 is 11.9 Å². The fraction of sp³-hybridized carbons (Fsp3) is 0.897. The number of hydrogen-bond acceptors (Lipinski definition) is 5. The number of aliphatic hydroxyl groups excluding tert-OH is 2. The smallest absolute Gasteiger partial charge is 0.305 e. The van der Waals surface area contributed by atoms with E-state index in [9.17, 15) is 19.8 Å². The number of nitrogens with one attached hydrogen (secondary N) is 1. The van der Waals surface area contributed by atoms with E-state index in [1.807, 2.05) is 0 Å². The highest BCUT2D eigenvalue weighted by Crippen LogP contribution is 2.17. The SMILES string of the molecule is CCCCCCCCCCCCCCCCCC(=O)OCCCCC/C=C\C/C=C\CCCCCCCCCC(=O)NC(CO)C(O)CCCCCCCCCCCCCCCCC. The van der Waals surface area contributed by atoms with Crippen molar-refractivity contribution in [2.45, 2.75) is 321 Å². The third kappa shape index (κ3) is 49.8. The van der Waals surface area contributed by atoms with E-state index >= 15 is 0 Å². The molecule has 378 valence electrons. The molecule has 2 atom stereocenters. The van der Waals surface area contributed by atoms with Crippen molar-refractivity contribution in [2.75, 3.05) is 13.2 Å². The molecule has 0 aromatic rings. The summed E-state index contributed by atoms with van der Waals surface area (Å²) in [4.78, 5) is 24.5. The molecule has 0 aliphatic rings. The Balaban J connectivity index is 3.48. The van der Waals surface area contributed by atoms with E-state index < -0.39 is 12.1 Å². The molecule has 0 rings (SSSR count). The predicted octanol–water partition coefficient (Wildman–Crippen LogP) is 17.5. The number of allylic oxidation sites excluding steroid dienone is 4. The van der Waals surface area contributed by atoms with Crippen LogP contribution in [0.15, 0.2) is 24.3 Å². The molecule has 0 bridgehead atoms. The van der Waals surface area contributed by atoms with Crippen LogP contribution in [0, 0.1) is 0 Å². The van der Waals surface area contributed by atoms with Crippen LogP contribution in [0.2, 0.25) is 0 Å². The van der Waals surface area contributed by atoms with Gasteiger partial charge in [-0.05, 0) is 64.2 Å². The van der Waals surface area contributed by atoms with Gasteiger partial charge in [-0.15, -0.1) is 0 Å². The van der Waals surface area contributed by atoms with Gasteiger partial charge in [-0.3, -0.25) is 9.59 Å². The third-order valence-electron chi connectivity index (χ3n) is 13.3. The molecule has 0 saturated heterocycles. The number of rotatable bonds is 53. The number of esters is 1. The van der Waals surface area contributed by atoms with Crippen LogP contribution in [0.3, 0.4) is 0 Å². The molecular formula is C58H111NO5. The van der Waals surface area contributed by atoms with Crippen molar-refractivity contribution in [1.29, 1.82) is 0 Å². The molecule has 2 unspecified atom stereocenters.